The Hall–Kier alpha value is -2.86. The standard InChI is InChI=1S/C21H24N2O4/c1-14(24)15-5-4-6-18(9-15)22-21(25)13-23-8-7-16-10-19(26-2)20(27-3)11-17(16)12-23/h4-6,9-11H,7-8,12-13H2,1-3H3,(H,22,25)/p+1. The van der Waals surface area contributed by atoms with E-state index in [9.17, 15) is 9.59 Å². The normalized spacial score (nSPS) is 15.6. The van der Waals surface area contributed by atoms with Crippen LogP contribution < -0.4 is 19.7 Å². The van der Waals surface area contributed by atoms with Gasteiger partial charge >= 0.3 is 0 Å². The van der Waals surface area contributed by atoms with Crippen molar-refractivity contribution in [2.75, 3.05) is 32.6 Å². The Morgan fingerprint density at radius 3 is 2.44 bits per heavy atom. The van der Waals surface area contributed by atoms with Gasteiger partial charge < -0.3 is 19.7 Å². The van der Waals surface area contributed by atoms with Crippen LogP contribution in [0.1, 0.15) is 28.4 Å². The lowest BCUT2D eigenvalue weighted by molar-refractivity contribution is -0.907. The van der Waals surface area contributed by atoms with E-state index in [0.29, 0.717) is 23.5 Å². The smallest absolute Gasteiger partial charge is 0.279 e. The van der Waals surface area contributed by atoms with Crippen molar-refractivity contribution in [2.24, 2.45) is 0 Å². The summed E-state index contributed by atoms with van der Waals surface area (Å²) in [7, 11) is 3.26. The average Bonchev–Trinajstić information content (AvgIpc) is 2.66. The molecule has 0 saturated heterocycles. The molecule has 0 spiro atoms. The number of nitrogens with one attached hydrogen (secondary N) is 2. The number of methoxy groups -OCH3 is 2. The van der Waals surface area contributed by atoms with E-state index in [1.165, 1.54) is 23.0 Å². The third kappa shape index (κ3) is 4.46. The average molecular weight is 369 g/mol. The molecule has 1 amide bonds. The molecule has 6 heteroatoms. The van der Waals surface area contributed by atoms with Crippen molar-refractivity contribution in [3.63, 3.8) is 0 Å². The van der Waals surface area contributed by atoms with E-state index in [4.69, 9.17) is 9.47 Å². The molecule has 0 radical (unpaired) electrons. The van der Waals surface area contributed by atoms with Crippen molar-refractivity contribution >= 4 is 17.4 Å². The topological polar surface area (TPSA) is 69.1 Å². The van der Waals surface area contributed by atoms with Crippen LogP contribution in [0.3, 0.4) is 0 Å². The van der Waals surface area contributed by atoms with Crippen LogP contribution in [-0.4, -0.2) is 39.0 Å². The maximum Gasteiger partial charge on any atom is 0.279 e. The van der Waals surface area contributed by atoms with E-state index < -0.39 is 0 Å². The van der Waals surface area contributed by atoms with Gasteiger partial charge in [-0.25, -0.2) is 0 Å². The summed E-state index contributed by atoms with van der Waals surface area (Å²) in [5.74, 6) is 1.37. The number of amides is 1. The number of Topliss-reactive ketones (excluding diaryl/α,β-unsaturated/α-hetero) is 1. The van der Waals surface area contributed by atoms with Gasteiger partial charge in [-0.05, 0) is 36.8 Å². The molecule has 1 heterocycles. The monoisotopic (exact) mass is 369 g/mol. The van der Waals surface area contributed by atoms with Crippen LogP contribution >= 0.6 is 0 Å². The van der Waals surface area contributed by atoms with E-state index in [1.54, 1.807) is 38.5 Å². The predicted molar refractivity (Wildman–Crippen MR) is 103 cm³/mol. The zero-order valence-electron chi connectivity index (χ0n) is 15.9. The second-order valence-corrected chi connectivity index (χ2v) is 6.76. The Balaban J connectivity index is 1.65. The lowest BCUT2D eigenvalue weighted by Crippen LogP contribution is -3.12. The summed E-state index contributed by atoms with van der Waals surface area (Å²) in [6.45, 7) is 3.53. The molecule has 27 heavy (non-hydrogen) atoms. The van der Waals surface area contributed by atoms with E-state index in [1.807, 2.05) is 12.1 Å². The van der Waals surface area contributed by atoms with E-state index in [0.717, 1.165) is 25.3 Å². The van der Waals surface area contributed by atoms with E-state index in [-0.39, 0.29) is 11.7 Å². The maximum absolute atomic E-state index is 12.4. The first-order valence-electron chi connectivity index (χ1n) is 8.98. The molecule has 3 rings (SSSR count). The van der Waals surface area contributed by atoms with Crippen molar-refractivity contribution in [1.82, 2.24) is 0 Å². The molecule has 1 aliphatic heterocycles. The predicted octanol–water partition coefficient (Wildman–Crippen LogP) is 1.49. The zero-order chi connectivity index (χ0) is 19.4. The fourth-order valence-corrected chi connectivity index (χ4v) is 3.43. The number of anilines is 1. The first-order valence-corrected chi connectivity index (χ1v) is 8.98. The van der Waals surface area contributed by atoms with Gasteiger partial charge in [-0.15, -0.1) is 0 Å². The number of ether oxygens (including phenoxy) is 2. The summed E-state index contributed by atoms with van der Waals surface area (Å²) in [5.41, 5.74) is 3.66. The molecule has 6 nitrogen and oxygen atoms in total. The lowest BCUT2D eigenvalue weighted by Gasteiger charge is -2.26. The molecule has 142 valence electrons. The van der Waals surface area contributed by atoms with Crippen LogP contribution in [0.5, 0.6) is 11.5 Å². The Labute approximate surface area is 159 Å². The molecule has 0 fully saturated rings. The Morgan fingerprint density at radius 1 is 1.07 bits per heavy atom. The molecule has 0 saturated carbocycles. The van der Waals surface area contributed by atoms with Gasteiger partial charge in [0.25, 0.3) is 5.91 Å². The summed E-state index contributed by atoms with van der Waals surface area (Å²) < 4.78 is 10.8. The Bertz CT molecular complexity index is 863. The van der Waals surface area contributed by atoms with Gasteiger partial charge in [0.15, 0.2) is 23.8 Å². The molecule has 0 aromatic heterocycles. The van der Waals surface area contributed by atoms with Gasteiger partial charge in [0.2, 0.25) is 0 Å². The molecule has 0 aliphatic carbocycles. The minimum absolute atomic E-state index is 0.0197. The number of hydrogen-bond donors (Lipinski definition) is 2. The molecule has 1 atom stereocenters. The molecule has 2 N–H and O–H groups in total. The minimum Gasteiger partial charge on any atom is -0.493 e. The summed E-state index contributed by atoms with van der Waals surface area (Å²) in [4.78, 5) is 25.1. The second kappa shape index (κ2) is 8.22. The van der Waals surface area contributed by atoms with Crippen molar-refractivity contribution in [2.45, 2.75) is 19.9 Å². The fourth-order valence-electron chi connectivity index (χ4n) is 3.43. The molecule has 2 aromatic carbocycles. The van der Waals surface area contributed by atoms with Crippen LogP contribution in [0.15, 0.2) is 36.4 Å². The number of rotatable bonds is 6. The molecular formula is C21H25N2O4+. The number of ketones is 1. The fraction of sp³-hybridized carbons (Fsp3) is 0.333. The number of benzene rings is 2. The van der Waals surface area contributed by atoms with Crippen LogP contribution in [0, 0.1) is 0 Å². The van der Waals surface area contributed by atoms with Crippen LogP contribution in [-0.2, 0) is 17.8 Å². The molecule has 1 unspecified atom stereocenters. The quantitative estimate of drug-likeness (QED) is 0.757. The molecule has 1 aliphatic rings. The molecule has 0 bridgehead atoms. The summed E-state index contributed by atoms with van der Waals surface area (Å²) in [6, 6.07) is 11.0. The third-order valence-corrected chi connectivity index (χ3v) is 4.86. The van der Waals surface area contributed by atoms with E-state index >= 15 is 0 Å². The highest BCUT2D eigenvalue weighted by molar-refractivity contribution is 5.97. The largest absolute Gasteiger partial charge is 0.493 e. The highest BCUT2D eigenvalue weighted by Gasteiger charge is 2.24. The van der Waals surface area contributed by atoms with Gasteiger partial charge in [-0.1, -0.05) is 12.1 Å². The molecule has 2 aromatic rings. The number of hydrogen-bond acceptors (Lipinski definition) is 4. The van der Waals surface area contributed by atoms with Gasteiger partial charge in [-0.3, -0.25) is 9.59 Å². The van der Waals surface area contributed by atoms with Crippen LogP contribution in [0.2, 0.25) is 0 Å². The number of carbonyl (C=O) groups excluding carboxylic acids is 2. The van der Waals surface area contributed by atoms with Crippen molar-refractivity contribution in [3.8, 4) is 11.5 Å². The summed E-state index contributed by atoms with van der Waals surface area (Å²) >= 11 is 0. The summed E-state index contributed by atoms with van der Waals surface area (Å²) in [6.07, 6.45) is 0.887. The zero-order valence-corrected chi connectivity index (χ0v) is 15.9. The highest BCUT2D eigenvalue weighted by Crippen LogP contribution is 2.31. The first kappa shape index (κ1) is 18.9. The van der Waals surface area contributed by atoms with Gasteiger partial charge in [0.1, 0.15) is 6.54 Å². The number of quaternary nitrogens is 1. The van der Waals surface area contributed by atoms with Crippen molar-refractivity contribution < 1.29 is 24.0 Å². The lowest BCUT2D eigenvalue weighted by atomic mass is 9.99. The Kier molecular flexibility index (Phi) is 5.76. The van der Waals surface area contributed by atoms with Crippen LogP contribution in [0.4, 0.5) is 5.69 Å². The summed E-state index contributed by atoms with van der Waals surface area (Å²) in [5, 5.41) is 2.89. The Morgan fingerprint density at radius 2 is 1.78 bits per heavy atom. The number of fused-ring (bicyclic) bond motifs is 1. The van der Waals surface area contributed by atoms with Gasteiger partial charge in [0, 0.05) is 23.2 Å². The van der Waals surface area contributed by atoms with Crippen molar-refractivity contribution in [3.05, 3.63) is 53.1 Å². The first-order chi connectivity index (χ1) is 13.0. The molecular weight excluding hydrogens is 344 g/mol. The third-order valence-electron chi connectivity index (χ3n) is 4.86. The van der Waals surface area contributed by atoms with Gasteiger partial charge in [0.05, 0.1) is 20.8 Å². The van der Waals surface area contributed by atoms with Crippen LogP contribution in [0.25, 0.3) is 0 Å². The van der Waals surface area contributed by atoms with Gasteiger partial charge in [-0.2, -0.15) is 0 Å². The maximum atomic E-state index is 12.4. The van der Waals surface area contributed by atoms with E-state index in [2.05, 4.69) is 5.32 Å². The SMILES string of the molecule is COc1cc2c(cc1OC)C[NH+](CC(=O)Nc1cccc(C(C)=O)c1)CC2. The highest BCUT2D eigenvalue weighted by atomic mass is 16.5. The number of carbonyl (C=O) groups is 2. The minimum atomic E-state index is -0.0605. The van der Waals surface area contributed by atoms with Crippen molar-refractivity contribution in [1.29, 1.82) is 0 Å². The second-order valence-electron chi connectivity index (χ2n) is 6.76.